The molecule has 0 aromatic heterocycles. The number of halogens is 2. The second kappa shape index (κ2) is 6.11. The average Bonchev–Trinajstić information content (AvgIpc) is 2.41. The summed E-state index contributed by atoms with van der Waals surface area (Å²) < 4.78 is 0.842. The van der Waals surface area contributed by atoms with E-state index in [4.69, 9.17) is 11.6 Å². The quantitative estimate of drug-likeness (QED) is 0.631. The molecule has 0 heterocycles. The first-order chi connectivity index (χ1) is 9.47. The highest BCUT2D eigenvalue weighted by atomic mass is 79.9. The molecule has 0 radical (unpaired) electrons. The van der Waals surface area contributed by atoms with E-state index in [0.717, 1.165) is 4.47 Å². The van der Waals surface area contributed by atoms with Gasteiger partial charge in [0.1, 0.15) is 10.8 Å². The molecule has 2 aromatic rings. The maximum atomic E-state index is 10.8. The Morgan fingerprint density at radius 3 is 2.75 bits per heavy atom. The van der Waals surface area contributed by atoms with Gasteiger partial charge in [-0.1, -0.05) is 27.5 Å². The van der Waals surface area contributed by atoms with E-state index in [9.17, 15) is 15.2 Å². The van der Waals surface area contributed by atoms with E-state index in [0.29, 0.717) is 17.8 Å². The Bertz CT molecular complexity index is 664. The Hall–Kier alpha value is -1.79. The first kappa shape index (κ1) is 14.6. The minimum Gasteiger partial charge on any atom is -0.508 e. The second-order valence-electron chi connectivity index (χ2n) is 4.05. The molecule has 0 fully saturated rings. The van der Waals surface area contributed by atoms with Gasteiger partial charge >= 0.3 is 0 Å². The highest BCUT2D eigenvalue weighted by molar-refractivity contribution is 9.10. The van der Waals surface area contributed by atoms with Gasteiger partial charge in [0.2, 0.25) is 0 Å². The number of phenolic OH excluding ortho intramolecular Hbond substituents is 1. The third kappa shape index (κ3) is 3.40. The summed E-state index contributed by atoms with van der Waals surface area (Å²) in [5, 5.41) is 23.6. The second-order valence-corrected chi connectivity index (χ2v) is 5.37. The predicted molar refractivity (Wildman–Crippen MR) is 81.2 cm³/mol. The number of nitro benzene ring substituents is 1. The molecule has 0 aliphatic rings. The van der Waals surface area contributed by atoms with Gasteiger partial charge in [0.05, 0.1) is 4.92 Å². The zero-order valence-corrected chi connectivity index (χ0v) is 12.5. The first-order valence-corrected chi connectivity index (χ1v) is 6.79. The van der Waals surface area contributed by atoms with E-state index in [1.165, 1.54) is 12.1 Å². The average molecular weight is 358 g/mol. The molecule has 0 amide bonds. The summed E-state index contributed by atoms with van der Waals surface area (Å²) >= 11 is 9.06. The fourth-order valence-corrected chi connectivity index (χ4v) is 2.25. The molecule has 20 heavy (non-hydrogen) atoms. The van der Waals surface area contributed by atoms with Gasteiger partial charge in [-0.05, 0) is 30.3 Å². The van der Waals surface area contributed by atoms with Crippen LogP contribution in [0.4, 0.5) is 11.4 Å². The van der Waals surface area contributed by atoms with Crippen molar-refractivity contribution in [1.82, 2.24) is 0 Å². The van der Waals surface area contributed by atoms with Crippen LogP contribution in [0.15, 0.2) is 40.9 Å². The van der Waals surface area contributed by atoms with Gasteiger partial charge in [-0.15, -0.1) is 0 Å². The van der Waals surface area contributed by atoms with Crippen LogP contribution in [0.1, 0.15) is 5.56 Å². The Morgan fingerprint density at radius 2 is 2.05 bits per heavy atom. The monoisotopic (exact) mass is 356 g/mol. The topological polar surface area (TPSA) is 75.4 Å². The third-order valence-electron chi connectivity index (χ3n) is 2.67. The van der Waals surface area contributed by atoms with Crippen LogP contribution in [-0.2, 0) is 6.54 Å². The largest absolute Gasteiger partial charge is 0.508 e. The summed E-state index contributed by atoms with van der Waals surface area (Å²) in [6, 6.07) is 9.54. The summed E-state index contributed by atoms with van der Waals surface area (Å²) in [5.41, 5.74) is 1.08. The molecule has 5 nitrogen and oxygen atoms in total. The highest BCUT2D eigenvalue weighted by Crippen LogP contribution is 2.28. The van der Waals surface area contributed by atoms with Crippen LogP contribution in [0.5, 0.6) is 5.75 Å². The Kier molecular flexibility index (Phi) is 4.46. The summed E-state index contributed by atoms with van der Waals surface area (Å²) in [6.45, 7) is 0.337. The first-order valence-electron chi connectivity index (χ1n) is 5.62. The number of anilines is 1. The molecular formula is C13H10BrClN2O3. The van der Waals surface area contributed by atoms with E-state index in [1.807, 2.05) is 0 Å². The molecule has 0 aliphatic carbocycles. The van der Waals surface area contributed by atoms with Gasteiger partial charge in [-0.3, -0.25) is 10.1 Å². The number of nitro groups is 1. The standard InChI is InChI=1S/C13H10BrClN2O3/c14-9-1-4-13(18)8(5-9)7-16-10-2-3-11(15)12(6-10)17(19)20/h1-6,16,18H,7H2. The molecule has 0 unspecified atom stereocenters. The van der Waals surface area contributed by atoms with Gasteiger partial charge in [0.15, 0.2) is 0 Å². The van der Waals surface area contributed by atoms with E-state index >= 15 is 0 Å². The molecule has 2 N–H and O–H groups in total. The maximum absolute atomic E-state index is 10.8. The van der Waals surface area contributed by atoms with E-state index in [2.05, 4.69) is 21.2 Å². The lowest BCUT2D eigenvalue weighted by atomic mass is 10.2. The Labute approximate surface area is 128 Å². The molecule has 2 rings (SSSR count). The van der Waals surface area contributed by atoms with Crippen LogP contribution in [0.2, 0.25) is 5.02 Å². The van der Waals surface area contributed by atoms with Crippen molar-refractivity contribution < 1.29 is 10.0 Å². The number of nitrogens with one attached hydrogen (secondary N) is 1. The van der Waals surface area contributed by atoms with Crippen LogP contribution in [-0.4, -0.2) is 10.0 Å². The summed E-state index contributed by atoms with van der Waals surface area (Å²) in [5.74, 6) is 0.157. The lowest BCUT2D eigenvalue weighted by molar-refractivity contribution is -0.384. The van der Waals surface area contributed by atoms with E-state index < -0.39 is 4.92 Å². The number of phenols is 1. The predicted octanol–water partition coefficient (Wildman–Crippen LogP) is 4.33. The number of rotatable bonds is 4. The molecule has 0 bridgehead atoms. The molecule has 0 aliphatic heterocycles. The van der Waals surface area contributed by atoms with Crippen LogP contribution in [0.3, 0.4) is 0 Å². The molecule has 2 aromatic carbocycles. The number of nitrogens with zero attached hydrogens (tertiary/aromatic N) is 1. The maximum Gasteiger partial charge on any atom is 0.289 e. The van der Waals surface area contributed by atoms with Crippen molar-refractivity contribution in [2.45, 2.75) is 6.54 Å². The van der Waals surface area contributed by atoms with Crippen molar-refractivity contribution in [3.63, 3.8) is 0 Å². The number of benzene rings is 2. The highest BCUT2D eigenvalue weighted by Gasteiger charge is 2.12. The van der Waals surface area contributed by atoms with Gasteiger partial charge < -0.3 is 10.4 Å². The molecule has 0 atom stereocenters. The van der Waals surface area contributed by atoms with Crippen molar-refractivity contribution >= 4 is 38.9 Å². The zero-order chi connectivity index (χ0) is 14.7. The molecular weight excluding hydrogens is 348 g/mol. The van der Waals surface area contributed by atoms with Crippen molar-refractivity contribution in [1.29, 1.82) is 0 Å². The van der Waals surface area contributed by atoms with Gasteiger partial charge in [0, 0.05) is 28.3 Å². The summed E-state index contributed by atoms with van der Waals surface area (Å²) in [7, 11) is 0. The van der Waals surface area contributed by atoms with Crippen LogP contribution >= 0.6 is 27.5 Å². The lowest BCUT2D eigenvalue weighted by Gasteiger charge is -2.09. The van der Waals surface area contributed by atoms with Crippen molar-refractivity contribution in [2.24, 2.45) is 0 Å². The third-order valence-corrected chi connectivity index (χ3v) is 3.48. The summed E-state index contributed by atoms with van der Waals surface area (Å²) in [4.78, 5) is 10.3. The van der Waals surface area contributed by atoms with Gasteiger partial charge in [0.25, 0.3) is 5.69 Å². The number of hydrogen-bond donors (Lipinski definition) is 2. The molecule has 7 heteroatoms. The molecule has 0 saturated carbocycles. The molecule has 0 saturated heterocycles. The Morgan fingerprint density at radius 1 is 1.30 bits per heavy atom. The van der Waals surface area contributed by atoms with Crippen molar-refractivity contribution in [3.05, 3.63) is 61.6 Å². The minimum atomic E-state index is -0.538. The fourth-order valence-electron chi connectivity index (χ4n) is 1.66. The smallest absolute Gasteiger partial charge is 0.289 e. The van der Waals surface area contributed by atoms with Crippen molar-refractivity contribution in [3.8, 4) is 5.75 Å². The molecule has 104 valence electrons. The van der Waals surface area contributed by atoms with Gasteiger partial charge in [-0.25, -0.2) is 0 Å². The van der Waals surface area contributed by atoms with E-state index in [1.54, 1.807) is 24.3 Å². The number of hydrogen-bond acceptors (Lipinski definition) is 4. The van der Waals surface area contributed by atoms with E-state index in [-0.39, 0.29) is 16.5 Å². The normalized spacial score (nSPS) is 10.3. The van der Waals surface area contributed by atoms with Crippen LogP contribution in [0, 0.1) is 10.1 Å². The zero-order valence-electron chi connectivity index (χ0n) is 10.1. The summed E-state index contributed by atoms with van der Waals surface area (Å²) in [6.07, 6.45) is 0. The minimum absolute atomic E-state index is 0.0888. The van der Waals surface area contributed by atoms with Crippen LogP contribution < -0.4 is 5.32 Å². The number of aromatic hydroxyl groups is 1. The van der Waals surface area contributed by atoms with Gasteiger partial charge in [-0.2, -0.15) is 0 Å². The fraction of sp³-hybridized carbons (Fsp3) is 0.0769. The lowest BCUT2D eigenvalue weighted by Crippen LogP contribution is -2.00. The SMILES string of the molecule is O=[N+]([O-])c1cc(NCc2cc(Br)ccc2O)ccc1Cl. The Balaban J connectivity index is 2.17. The van der Waals surface area contributed by atoms with Crippen molar-refractivity contribution in [2.75, 3.05) is 5.32 Å². The molecule has 0 spiro atoms. The van der Waals surface area contributed by atoms with Crippen LogP contribution in [0.25, 0.3) is 0 Å².